The number of nitrogens with one attached hydrogen (secondary N) is 1. The predicted octanol–water partition coefficient (Wildman–Crippen LogP) is 7.26. The molecule has 0 atom stereocenters. The first-order chi connectivity index (χ1) is 21.6. The lowest BCUT2D eigenvalue weighted by Crippen LogP contribution is -2.46. The molecule has 1 amide bonds. The number of amides is 1. The van der Waals surface area contributed by atoms with Gasteiger partial charge in [-0.05, 0) is 34.4 Å². The van der Waals surface area contributed by atoms with Gasteiger partial charge in [0.05, 0.1) is 6.04 Å². The number of thioether (sulfide) groups is 1. The van der Waals surface area contributed by atoms with Gasteiger partial charge in [-0.15, -0.1) is 0 Å². The summed E-state index contributed by atoms with van der Waals surface area (Å²) in [7, 11) is 0. The molecule has 5 aromatic rings. The minimum absolute atomic E-state index is 0.123. The first kappa shape index (κ1) is 29.9. The van der Waals surface area contributed by atoms with Crippen LogP contribution >= 0.6 is 23.4 Å². The number of rotatable bonds is 10. The molecular formula is C36H34ClN5OS. The number of aromatic nitrogens is 2. The summed E-state index contributed by atoms with van der Waals surface area (Å²) in [6.07, 6.45) is 0. The molecule has 6 rings (SSSR count). The number of halogens is 1. The Labute approximate surface area is 268 Å². The lowest BCUT2D eigenvalue weighted by Gasteiger charge is -2.35. The third-order valence-corrected chi connectivity index (χ3v) is 8.82. The van der Waals surface area contributed by atoms with Crippen molar-refractivity contribution in [2.45, 2.75) is 23.5 Å². The summed E-state index contributed by atoms with van der Waals surface area (Å²) in [5, 5.41) is 4.30. The molecule has 1 fully saturated rings. The van der Waals surface area contributed by atoms with Crippen molar-refractivity contribution >= 4 is 35.1 Å². The maximum Gasteiger partial charge on any atom is 0.252 e. The van der Waals surface area contributed by atoms with E-state index in [1.54, 1.807) is 0 Å². The van der Waals surface area contributed by atoms with E-state index in [1.807, 2.05) is 91.0 Å². The number of benzene rings is 4. The molecule has 44 heavy (non-hydrogen) atoms. The van der Waals surface area contributed by atoms with Crippen LogP contribution < -0.4 is 10.2 Å². The molecule has 6 nitrogen and oxygen atoms in total. The van der Waals surface area contributed by atoms with Crippen LogP contribution in [0.15, 0.2) is 126 Å². The van der Waals surface area contributed by atoms with Crippen molar-refractivity contribution in [1.29, 1.82) is 0 Å². The fraction of sp³-hybridized carbons (Fsp3) is 0.194. The van der Waals surface area contributed by atoms with E-state index < -0.39 is 0 Å². The number of nitrogens with zero attached hydrogens (tertiary/aromatic N) is 4. The third kappa shape index (κ3) is 7.85. The number of carbonyl (C=O) groups excluding carboxylic acids is 1. The van der Waals surface area contributed by atoms with Crippen molar-refractivity contribution in [2.75, 3.05) is 31.1 Å². The van der Waals surface area contributed by atoms with E-state index in [2.05, 4.69) is 50.4 Å². The molecule has 2 heterocycles. The van der Waals surface area contributed by atoms with Crippen molar-refractivity contribution in [2.24, 2.45) is 0 Å². The average molecular weight is 620 g/mol. The number of hydrogen-bond donors (Lipinski definition) is 1. The predicted molar refractivity (Wildman–Crippen MR) is 179 cm³/mol. The molecule has 4 aromatic carbocycles. The van der Waals surface area contributed by atoms with Crippen LogP contribution in [0.5, 0.6) is 0 Å². The topological polar surface area (TPSA) is 61.4 Å². The van der Waals surface area contributed by atoms with Gasteiger partial charge in [0.1, 0.15) is 11.0 Å². The molecule has 1 N–H and O–H groups in total. The summed E-state index contributed by atoms with van der Waals surface area (Å²) in [5.41, 5.74) is 5.02. The summed E-state index contributed by atoms with van der Waals surface area (Å²) in [6, 6.07) is 40.0. The molecule has 8 heteroatoms. The fourth-order valence-electron chi connectivity index (χ4n) is 5.40. The molecule has 1 saturated heterocycles. The van der Waals surface area contributed by atoms with Gasteiger partial charge in [-0.1, -0.05) is 126 Å². The van der Waals surface area contributed by atoms with E-state index in [9.17, 15) is 4.79 Å². The highest BCUT2D eigenvalue weighted by atomic mass is 35.5. The first-order valence-electron chi connectivity index (χ1n) is 14.8. The number of carbonyl (C=O) groups is 1. The highest BCUT2D eigenvalue weighted by Gasteiger charge is 2.20. The Balaban J connectivity index is 1.08. The van der Waals surface area contributed by atoms with E-state index in [0.29, 0.717) is 21.6 Å². The maximum absolute atomic E-state index is 13.4. The Morgan fingerprint density at radius 3 is 2.02 bits per heavy atom. The third-order valence-electron chi connectivity index (χ3n) is 7.70. The van der Waals surface area contributed by atoms with Crippen molar-refractivity contribution in [3.8, 4) is 0 Å². The Morgan fingerprint density at radius 2 is 1.36 bits per heavy atom. The molecule has 0 radical (unpaired) electrons. The zero-order chi connectivity index (χ0) is 30.1. The Kier molecular flexibility index (Phi) is 9.87. The van der Waals surface area contributed by atoms with Crippen LogP contribution in [0, 0.1) is 0 Å². The van der Waals surface area contributed by atoms with E-state index in [-0.39, 0.29) is 11.9 Å². The molecular weight excluding hydrogens is 586 g/mol. The highest BCUT2D eigenvalue weighted by molar-refractivity contribution is 7.98. The monoisotopic (exact) mass is 619 g/mol. The Bertz CT molecular complexity index is 1630. The van der Waals surface area contributed by atoms with Crippen molar-refractivity contribution in [1.82, 2.24) is 20.2 Å². The highest BCUT2D eigenvalue weighted by Crippen LogP contribution is 2.27. The second-order valence-electron chi connectivity index (χ2n) is 10.8. The zero-order valence-electron chi connectivity index (χ0n) is 24.4. The smallest absolute Gasteiger partial charge is 0.252 e. The Hall–Kier alpha value is -4.17. The lowest BCUT2D eigenvalue weighted by molar-refractivity contribution is 0.0943. The summed E-state index contributed by atoms with van der Waals surface area (Å²) in [6.45, 7) is 4.64. The van der Waals surface area contributed by atoms with Gasteiger partial charge in [-0.25, -0.2) is 9.97 Å². The molecule has 1 aliphatic rings. The summed E-state index contributed by atoms with van der Waals surface area (Å²) in [5.74, 6) is 1.35. The van der Waals surface area contributed by atoms with Gasteiger partial charge in [-0.2, -0.15) is 0 Å². The second-order valence-corrected chi connectivity index (χ2v) is 12.1. The van der Waals surface area contributed by atoms with Gasteiger partial charge in [0.15, 0.2) is 5.16 Å². The summed E-state index contributed by atoms with van der Waals surface area (Å²) in [4.78, 5) is 27.5. The molecule has 0 bridgehead atoms. The first-order valence-corrected chi connectivity index (χ1v) is 16.2. The molecule has 0 saturated carbocycles. The van der Waals surface area contributed by atoms with Crippen LogP contribution in [0.25, 0.3) is 0 Å². The molecule has 1 aromatic heterocycles. The van der Waals surface area contributed by atoms with Gasteiger partial charge < -0.3 is 10.2 Å². The van der Waals surface area contributed by atoms with Gasteiger partial charge in [0, 0.05) is 50.1 Å². The van der Waals surface area contributed by atoms with Gasteiger partial charge in [0.25, 0.3) is 5.91 Å². The quantitative estimate of drug-likeness (QED) is 0.101. The normalized spacial score (nSPS) is 13.6. The lowest BCUT2D eigenvalue weighted by atomic mass is 9.98. The number of hydrogen-bond acceptors (Lipinski definition) is 6. The standard InChI is InChI=1S/C36H34ClN5OS/c37-32-24-33(42-21-19-41(20-22-42)25-27-11-4-1-5-12-27)39-36(38-32)44-26-28-13-10-18-31(23-28)35(43)40-34(29-14-6-2-7-15-29)30-16-8-3-9-17-30/h1-18,23-24,34H,19-22,25-26H2,(H,40,43). The molecule has 222 valence electrons. The van der Waals surface area contributed by atoms with Crippen LogP contribution in [-0.4, -0.2) is 47.0 Å². The van der Waals surface area contributed by atoms with Gasteiger partial charge in [-0.3, -0.25) is 9.69 Å². The van der Waals surface area contributed by atoms with Crippen molar-refractivity contribution in [3.05, 3.63) is 154 Å². The van der Waals surface area contributed by atoms with E-state index in [4.69, 9.17) is 16.6 Å². The minimum Gasteiger partial charge on any atom is -0.354 e. The molecule has 0 aliphatic carbocycles. The average Bonchev–Trinajstić information content (AvgIpc) is 3.08. The van der Waals surface area contributed by atoms with Gasteiger partial charge in [0.2, 0.25) is 0 Å². The summed E-state index contributed by atoms with van der Waals surface area (Å²) < 4.78 is 0. The largest absolute Gasteiger partial charge is 0.354 e. The molecule has 0 spiro atoms. The van der Waals surface area contributed by atoms with E-state index in [1.165, 1.54) is 17.3 Å². The Morgan fingerprint density at radius 1 is 0.750 bits per heavy atom. The van der Waals surface area contributed by atoms with Crippen LogP contribution in [0.4, 0.5) is 5.82 Å². The summed E-state index contributed by atoms with van der Waals surface area (Å²) >= 11 is 7.97. The van der Waals surface area contributed by atoms with Crippen molar-refractivity contribution in [3.63, 3.8) is 0 Å². The van der Waals surface area contributed by atoms with E-state index >= 15 is 0 Å². The molecule has 0 unspecified atom stereocenters. The van der Waals surface area contributed by atoms with Crippen LogP contribution in [0.2, 0.25) is 5.15 Å². The van der Waals surface area contributed by atoms with Crippen LogP contribution in [0.1, 0.15) is 38.7 Å². The number of piperazine rings is 1. The van der Waals surface area contributed by atoms with Crippen LogP contribution in [-0.2, 0) is 12.3 Å². The molecule has 1 aliphatic heterocycles. The van der Waals surface area contributed by atoms with Crippen molar-refractivity contribution < 1.29 is 4.79 Å². The maximum atomic E-state index is 13.4. The minimum atomic E-state index is -0.249. The fourth-order valence-corrected chi connectivity index (χ4v) is 6.43. The second kappa shape index (κ2) is 14.5. The van der Waals surface area contributed by atoms with Gasteiger partial charge >= 0.3 is 0 Å². The number of anilines is 1. The van der Waals surface area contributed by atoms with Crippen LogP contribution in [0.3, 0.4) is 0 Å². The van der Waals surface area contributed by atoms with E-state index in [0.717, 1.165) is 55.2 Å². The SMILES string of the molecule is O=C(NC(c1ccccc1)c1ccccc1)c1cccc(CSc2nc(Cl)cc(N3CCN(Cc4ccccc4)CC3)n2)c1. The zero-order valence-corrected chi connectivity index (χ0v) is 25.9.